The van der Waals surface area contributed by atoms with E-state index in [-0.39, 0.29) is 0 Å². The van der Waals surface area contributed by atoms with Gasteiger partial charge in [0.05, 0.1) is 17.4 Å². The van der Waals surface area contributed by atoms with Gasteiger partial charge < -0.3 is 14.7 Å². The van der Waals surface area contributed by atoms with Crippen LogP contribution in [0, 0.1) is 5.92 Å². The molecule has 2 aromatic carbocycles. The van der Waals surface area contributed by atoms with Gasteiger partial charge in [-0.2, -0.15) is 0 Å². The lowest BCUT2D eigenvalue weighted by molar-refractivity contribution is 0.0695. The first kappa shape index (κ1) is 23.9. The number of hydrogen-bond donors (Lipinski definition) is 1. The highest BCUT2D eigenvalue weighted by atomic mass is 32.1. The third-order valence-electron chi connectivity index (χ3n) is 7.51. The zero-order chi connectivity index (χ0) is 24.2. The fraction of sp³-hybridized carbons (Fsp3) is 0.448. The van der Waals surface area contributed by atoms with Crippen molar-refractivity contribution in [2.24, 2.45) is 5.92 Å². The van der Waals surface area contributed by atoms with E-state index in [1.165, 1.54) is 25.7 Å². The standard InChI is InChI=1S/C29H34N2O3S/c1-20-10-14-24(15-11-20)34-25-16-12-21(13-17-25)27-19-35-29(30-27)31(23-7-3-4-8-23)18-22-6-2-5-9-26(22)28(32)33/h2,5-6,9,12-13,16-17,19-20,23-24H,3-4,7-8,10-11,14-15,18H2,1H3,(H,32,33)/t20-,24+. The largest absolute Gasteiger partial charge is 0.490 e. The van der Waals surface area contributed by atoms with Gasteiger partial charge in [0.2, 0.25) is 0 Å². The molecule has 2 fully saturated rings. The summed E-state index contributed by atoms with van der Waals surface area (Å²) in [5.41, 5.74) is 3.24. The Kier molecular flexibility index (Phi) is 7.37. The molecule has 2 aliphatic rings. The van der Waals surface area contributed by atoms with Crippen molar-refractivity contribution in [2.75, 3.05) is 4.90 Å². The normalized spacial score (nSPS) is 20.6. The second kappa shape index (κ2) is 10.8. The van der Waals surface area contributed by atoms with Gasteiger partial charge in [0.15, 0.2) is 5.13 Å². The first-order valence-corrected chi connectivity index (χ1v) is 13.8. The average molecular weight is 491 g/mol. The van der Waals surface area contributed by atoms with Crippen molar-refractivity contribution < 1.29 is 14.6 Å². The van der Waals surface area contributed by atoms with Gasteiger partial charge in [0.25, 0.3) is 0 Å². The van der Waals surface area contributed by atoms with E-state index < -0.39 is 5.97 Å². The first-order chi connectivity index (χ1) is 17.1. The minimum Gasteiger partial charge on any atom is -0.490 e. The molecule has 0 spiro atoms. The number of benzene rings is 2. The SMILES string of the molecule is C[C@H]1CC[C@@H](Oc2ccc(-c3csc(N(Cc4ccccc4C(=O)O)C4CCCC4)n3)cc2)CC1. The molecule has 0 saturated heterocycles. The molecule has 0 aliphatic heterocycles. The lowest BCUT2D eigenvalue weighted by Gasteiger charge is -2.29. The van der Waals surface area contributed by atoms with Crippen LogP contribution in [0.3, 0.4) is 0 Å². The Morgan fingerprint density at radius 2 is 1.74 bits per heavy atom. The number of thiazole rings is 1. The van der Waals surface area contributed by atoms with Crippen LogP contribution in [-0.4, -0.2) is 28.2 Å². The number of aromatic carboxylic acids is 1. The van der Waals surface area contributed by atoms with E-state index >= 15 is 0 Å². The second-order valence-corrected chi connectivity index (χ2v) is 10.9. The minimum atomic E-state index is -0.878. The van der Waals surface area contributed by atoms with E-state index in [0.29, 0.717) is 24.3 Å². The fourth-order valence-electron chi connectivity index (χ4n) is 5.39. The molecule has 0 amide bonds. The third-order valence-corrected chi connectivity index (χ3v) is 8.39. The van der Waals surface area contributed by atoms with Crippen LogP contribution in [0.1, 0.15) is 74.2 Å². The van der Waals surface area contributed by atoms with Crippen LogP contribution in [-0.2, 0) is 6.54 Å². The summed E-state index contributed by atoms with van der Waals surface area (Å²) in [5.74, 6) is 0.871. The van der Waals surface area contributed by atoms with Crippen LogP contribution in [0.25, 0.3) is 11.3 Å². The number of nitrogens with zero attached hydrogens (tertiary/aromatic N) is 2. The molecule has 2 saturated carbocycles. The molecule has 1 N–H and O–H groups in total. The first-order valence-electron chi connectivity index (χ1n) is 12.9. The van der Waals surface area contributed by atoms with E-state index in [2.05, 4.69) is 41.5 Å². The van der Waals surface area contributed by atoms with Crippen LogP contribution in [0.5, 0.6) is 5.75 Å². The fourth-order valence-corrected chi connectivity index (χ4v) is 6.30. The summed E-state index contributed by atoms with van der Waals surface area (Å²) in [6.07, 6.45) is 9.77. The van der Waals surface area contributed by atoms with Gasteiger partial charge in [-0.15, -0.1) is 11.3 Å². The summed E-state index contributed by atoms with van der Waals surface area (Å²) >= 11 is 1.64. The van der Waals surface area contributed by atoms with Gasteiger partial charge in [0.1, 0.15) is 5.75 Å². The Balaban J connectivity index is 1.33. The van der Waals surface area contributed by atoms with Crippen LogP contribution in [0.2, 0.25) is 0 Å². The zero-order valence-electron chi connectivity index (χ0n) is 20.4. The number of rotatable bonds is 8. The van der Waals surface area contributed by atoms with Crippen molar-refractivity contribution >= 4 is 22.4 Å². The number of carbonyl (C=O) groups is 1. The molecule has 3 aromatic rings. The predicted molar refractivity (Wildman–Crippen MR) is 141 cm³/mol. The molecule has 5 nitrogen and oxygen atoms in total. The van der Waals surface area contributed by atoms with E-state index in [9.17, 15) is 9.90 Å². The Hall–Kier alpha value is -2.86. The summed E-state index contributed by atoms with van der Waals surface area (Å²) in [4.78, 5) is 19.1. The third kappa shape index (κ3) is 5.69. The molecule has 35 heavy (non-hydrogen) atoms. The van der Waals surface area contributed by atoms with E-state index in [0.717, 1.165) is 59.3 Å². The van der Waals surface area contributed by atoms with Gasteiger partial charge in [-0.05, 0) is 80.3 Å². The molecule has 1 aromatic heterocycles. The Labute approximate surface area is 211 Å². The summed E-state index contributed by atoms with van der Waals surface area (Å²) in [7, 11) is 0. The van der Waals surface area contributed by atoms with Crippen LogP contribution in [0.4, 0.5) is 5.13 Å². The molecule has 0 radical (unpaired) electrons. The number of hydrogen-bond acceptors (Lipinski definition) is 5. The van der Waals surface area contributed by atoms with Crippen molar-refractivity contribution in [1.29, 1.82) is 0 Å². The van der Waals surface area contributed by atoms with Gasteiger partial charge in [-0.1, -0.05) is 38.0 Å². The molecule has 1 heterocycles. The summed E-state index contributed by atoms with van der Waals surface area (Å²) in [5, 5.41) is 12.7. The average Bonchev–Trinajstić information content (AvgIpc) is 3.58. The lowest BCUT2D eigenvalue weighted by Crippen LogP contribution is -2.33. The molecule has 0 unspecified atom stereocenters. The highest BCUT2D eigenvalue weighted by molar-refractivity contribution is 7.14. The van der Waals surface area contributed by atoms with Crippen LogP contribution < -0.4 is 9.64 Å². The molecule has 184 valence electrons. The van der Waals surface area contributed by atoms with Gasteiger partial charge >= 0.3 is 5.97 Å². The molecule has 5 rings (SSSR count). The van der Waals surface area contributed by atoms with E-state index in [4.69, 9.17) is 9.72 Å². The molecular weight excluding hydrogens is 456 g/mol. The molecule has 0 atom stereocenters. The van der Waals surface area contributed by atoms with Gasteiger partial charge in [-0.25, -0.2) is 9.78 Å². The maximum atomic E-state index is 11.8. The van der Waals surface area contributed by atoms with Crippen molar-refractivity contribution in [3.63, 3.8) is 0 Å². The van der Waals surface area contributed by atoms with E-state index in [1.807, 2.05) is 12.1 Å². The Morgan fingerprint density at radius 3 is 2.46 bits per heavy atom. The van der Waals surface area contributed by atoms with Crippen molar-refractivity contribution in [3.8, 4) is 17.0 Å². The smallest absolute Gasteiger partial charge is 0.336 e. The topological polar surface area (TPSA) is 62.7 Å². The monoisotopic (exact) mass is 490 g/mol. The molecule has 6 heteroatoms. The van der Waals surface area contributed by atoms with Crippen molar-refractivity contribution in [1.82, 2.24) is 4.98 Å². The zero-order valence-corrected chi connectivity index (χ0v) is 21.2. The number of anilines is 1. The summed E-state index contributed by atoms with van der Waals surface area (Å²) < 4.78 is 6.23. The van der Waals surface area contributed by atoms with Crippen LogP contribution in [0.15, 0.2) is 53.9 Å². The Morgan fingerprint density at radius 1 is 1.03 bits per heavy atom. The van der Waals surface area contributed by atoms with Gasteiger partial charge in [0, 0.05) is 23.5 Å². The molecular formula is C29H34N2O3S. The van der Waals surface area contributed by atoms with Gasteiger partial charge in [-0.3, -0.25) is 0 Å². The van der Waals surface area contributed by atoms with Crippen LogP contribution >= 0.6 is 11.3 Å². The highest BCUT2D eigenvalue weighted by Crippen LogP contribution is 2.35. The lowest BCUT2D eigenvalue weighted by atomic mass is 9.89. The molecule has 0 bridgehead atoms. The maximum absolute atomic E-state index is 11.8. The molecule has 2 aliphatic carbocycles. The number of carboxylic acids is 1. The van der Waals surface area contributed by atoms with E-state index in [1.54, 1.807) is 23.5 Å². The maximum Gasteiger partial charge on any atom is 0.336 e. The predicted octanol–water partition coefficient (Wildman–Crippen LogP) is 7.42. The van der Waals surface area contributed by atoms with Crippen molar-refractivity contribution in [2.45, 2.75) is 77.0 Å². The number of ether oxygens (including phenoxy) is 1. The summed E-state index contributed by atoms with van der Waals surface area (Å²) in [6.45, 7) is 2.89. The van der Waals surface area contributed by atoms with Crippen molar-refractivity contribution in [3.05, 3.63) is 65.0 Å². The second-order valence-electron chi connectivity index (χ2n) is 10.1. The number of aromatic nitrogens is 1. The Bertz CT molecular complexity index is 1130. The minimum absolute atomic E-state index is 0.330. The number of carboxylic acid groups (broad SMARTS) is 1. The highest BCUT2D eigenvalue weighted by Gasteiger charge is 2.27. The summed E-state index contributed by atoms with van der Waals surface area (Å²) in [6, 6.07) is 16.0. The quantitative estimate of drug-likeness (QED) is 0.356.